The summed E-state index contributed by atoms with van der Waals surface area (Å²) in [4.78, 5) is 33.7. The lowest BCUT2D eigenvalue weighted by Gasteiger charge is -2.40. The first-order chi connectivity index (χ1) is 15.5. The van der Waals surface area contributed by atoms with E-state index in [2.05, 4.69) is 28.8 Å². The lowest BCUT2D eigenvalue weighted by molar-refractivity contribution is 0.0515. The number of hydrogen-bond donors (Lipinski definition) is 1. The van der Waals surface area contributed by atoms with Crippen molar-refractivity contribution in [2.45, 2.75) is 59.0 Å². The highest BCUT2D eigenvalue weighted by atomic mass is 16.2. The van der Waals surface area contributed by atoms with E-state index in [-0.39, 0.29) is 11.5 Å². The number of carbonyl (C=O) groups is 1. The normalized spacial score (nSPS) is 20.2. The van der Waals surface area contributed by atoms with Crippen molar-refractivity contribution in [2.75, 3.05) is 26.2 Å². The number of H-pyrrole nitrogens is 1. The summed E-state index contributed by atoms with van der Waals surface area (Å²) < 4.78 is 1.98. The molecule has 3 aromatic rings. The zero-order valence-corrected chi connectivity index (χ0v) is 19.4. The molecular formula is C25H33N5O2. The number of carbonyl (C=O) groups excluding carboxylic acids is 1. The van der Waals surface area contributed by atoms with Gasteiger partial charge in [0.1, 0.15) is 0 Å². The van der Waals surface area contributed by atoms with E-state index in [1.807, 2.05) is 28.6 Å². The lowest BCUT2D eigenvalue weighted by Crippen LogP contribution is -2.53. The first-order valence-corrected chi connectivity index (χ1v) is 12.0. The van der Waals surface area contributed by atoms with Gasteiger partial charge in [-0.15, -0.1) is 0 Å². The topological polar surface area (TPSA) is 74.2 Å². The first-order valence-electron chi connectivity index (χ1n) is 12.0. The molecule has 1 amide bonds. The number of pyridine rings is 1. The van der Waals surface area contributed by atoms with Crippen molar-refractivity contribution in [3.8, 4) is 0 Å². The molecule has 0 unspecified atom stereocenters. The molecule has 1 saturated carbocycles. The SMILES string of the molecule is CCCN1CCN(C(=O)c2cc3c(cc2C)[nH]c(=O)c2cnn(CC4CCC4)c23)C[C@@H]1C. The second-order valence-electron chi connectivity index (χ2n) is 9.69. The van der Waals surface area contributed by atoms with E-state index in [1.54, 1.807) is 6.20 Å². The minimum atomic E-state index is -0.119. The Balaban J connectivity index is 1.54. The molecule has 1 atom stereocenters. The van der Waals surface area contributed by atoms with Crippen LogP contribution >= 0.6 is 0 Å². The van der Waals surface area contributed by atoms with Crippen molar-refractivity contribution < 1.29 is 4.79 Å². The molecule has 32 heavy (non-hydrogen) atoms. The van der Waals surface area contributed by atoms with E-state index in [4.69, 9.17) is 0 Å². The Morgan fingerprint density at radius 3 is 2.72 bits per heavy atom. The summed E-state index contributed by atoms with van der Waals surface area (Å²) in [6, 6.07) is 4.29. The number of rotatable bonds is 5. The summed E-state index contributed by atoms with van der Waals surface area (Å²) in [5, 5.41) is 6.05. The van der Waals surface area contributed by atoms with Crippen LogP contribution in [0, 0.1) is 12.8 Å². The minimum Gasteiger partial charge on any atom is -0.336 e. The molecule has 170 valence electrons. The van der Waals surface area contributed by atoms with Gasteiger partial charge < -0.3 is 9.88 Å². The van der Waals surface area contributed by atoms with Crippen molar-refractivity contribution in [3.63, 3.8) is 0 Å². The minimum absolute atomic E-state index is 0.0804. The van der Waals surface area contributed by atoms with Gasteiger partial charge in [-0.25, -0.2) is 0 Å². The van der Waals surface area contributed by atoms with Crippen molar-refractivity contribution in [3.05, 3.63) is 39.8 Å². The van der Waals surface area contributed by atoms with Gasteiger partial charge in [0.15, 0.2) is 0 Å². The number of aromatic amines is 1. The largest absolute Gasteiger partial charge is 0.336 e. The zero-order valence-electron chi connectivity index (χ0n) is 19.4. The molecule has 0 radical (unpaired) electrons. The summed E-state index contributed by atoms with van der Waals surface area (Å²) in [7, 11) is 0. The van der Waals surface area contributed by atoms with E-state index >= 15 is 0 Å². The third-order valence-electron chi connectivity index (χ3n) is 7.40. The van der Waals surface area contributed by atoms with Gasteiger partial charge in [-0.1, -0.05) is 13.3 Å². The molecule has 5 rings (SSSR count). The van der Waals surface area contributed by atoms with Gasteiger partial charge in [-0.2, -0.15) is 5.10 Å². The van der Waals surface area contributed by atoms with Gasteiger partial charge in [0.25, 0.3) is 11.5 Å². The number of aryl methyl sites for hydroxylation is 1. The lowest BCUT2D eigenvalue weighted by atomic mass is 9.85. The molecule has 1 saturated heterocycles. The summed E-state index contributed by atoms with van der Waals surface area (Å²) in [5.74, 6) is 0.705. The highest BCUT2D eigenvalue weighted by Gasteiger charge is 2.28. The van der Waals surface area contributed by atoms with E-state index < -0.39 is 0 Å². The van der Waals surface area contributed by atoms with Crippen LogP contribution in [-0.2, 0) is 6.54 Å². The number of aromatic nitrogens is 3. The summed E-state index contributed by atoms with van der Waals surface area (Å²) in [6.07, 6.45) is 6.50. The molecule has 7 heteroatoms. The number of hydrogen-bond acceptors (Lipinski definition) is 4. The van der Waals surface area contributed by atoms with Gasteiger partial charge in [0, 0.05) is 43.2 Å². The quantitative estimate of drug-likeness (QED) is 0.665. The number of nitrogens with one attached hydrogen (secondary N) is 1. The smallest absolute Gasteiger partial charge is 0.259 e. The van der Waals surface area contributed by atoms with Crippen LogP contribution in [-0.4, -0.2) is 62.7 Å². The van der Waals surface area contributed by atoms with Crippen LogP contribution in [0.25, 0.3) is 21.8 Å². The third kappa shape index (κ3) is 3.62. The van der Waals surface area contributed by atoms with Crippen LogP contribution in [0.2, 0.25) is 0 Å². The van der Waals surface area contributed by atoms with Gasteiger partial charge >= 0.3 is 0 Å². The molecule has 1 aromatic carbocycles. The van der Waals surface area contributed by atoms with Gasteiger partial charge in [0.2, 0.25) is 0 Å². The van der Waals surface area contributed by atoms with Crippen LogP contribution in [0.5, 0.6) is 0 Å². The molecule has 1 N–H and O–H groups in total. The second-order valence-corrected chi connectivity index (χ2v) is 9.69. The Hall–Kier alpha value is -2.67. The number of piperazine rings is 1. The van der Waals surface area contributed by atoms with Crippen molar-refractivity contribution in [1.82, 2.24) is 24.6 Å². The van der Waals surface area contributed by atoms with Crippen molar-refractivity contribution in [2.24, 2.45) is 5.92 Å². The molecule has 3 heterocycles. The molecule has 0 bridgehead atoms. The molecular weight excluding hydrogens is 402 g/mol. The maximum absolute atomic E-state index is 13.5. The Bertz CT molecular complexity index is 1220. The fraction of sp³-hybridized carbons (Fsp3) is 0.560. The van der Waals surface area contributed by atoms with Crippen molar-refractivity contribution in [1.29, 1.82) is 0 Å². The molecule has 7 nitrogen and oxygen atoms in total. The number of benzene rings is 1. The van der Waals surface area contributed by atoms with Gasteiger partial charge in [-0.3, -0.25) is 19.2 Å². The van der Waals surface area contributed by atoms with Gasteiger partial charge in [0.05, 0.1) is 22.6 Å². The third-order valence-corrected chi connectivity index (χ3v) is 7.40. The van der Waals surface area contributed by atoms with Gasteiger partial charge in [-0.05, 0) is 63.3 Å². The average molecular weight is 436 g/mol. The second kappa shape index (κ2) is 8.35. The summed E-state index contributed by atoms with van der Waals surface area (Å²) in [6.45, 7) is 10.7. The van der Waals surface area contributed by atoms with Crippen LogP contribution in [0.1, 0.15) is 55.5 Å². The van der Waals surface area contributed by atoms with E-state index in [0.29, 0.717) is 17.3 Å². The Morgan fingerprint density at radius 2 is 2.03 bits per heavy atom. The summed E-state index contributed by atoms with van der Waals surface area (Å²) in [5.41, 5.74) is 3.12. The van der Waals surface area contributed by atoms with Crippen molar-refractivity contribution >= 4 is 27.7 Å². The molecule has 1 aliphatic carbocycles. The van der Waals surface area contributed by atoms with Crippen LogP contribution in [0.3, 0.4) is 0 Å². The Morgan fingerprint density at radius 1 is 1.22 bits per heavy atom. The van der Waals surface area contributed by atoms with E-state index in [9.17, 15) is 9.59 Å². The predicted molar refractivity (Wildman–Crippen MR) is 127 cm³/mol. The first kappa shape index (κ1) is 21.2. The van der Waals surface area contributed by atoms with E-state index in [1.165, 1.54) is 19.3 Å². The fourth-order valence-electron chi connectivity index (χ4n) is 5.29. The maximum atomic E-state index is 13.5. The molecule has 1 aliphatic heterocycles. The molecule has 0 spiro atoms. The van der Waals surface area contributed by atoms with Crippen LogP contribution in [0.15, 0.2) is 23.1 Å². The summed E-state index contributed by atoms with van der Waals surface area (Å²) >= 11 is 0. The van der Waals surface area contributed by atoms with Crippen LogP contribution in [0.4, 0.5) is 0 Å². The number of nitrogens with zero attached hydrogens (tertiary/aromatic N) is 4. The maximum Gasteiger partial charge on any atom is 0.259 e. The monoisotopic (exact) mass is 435 g/mol. The number of fused-ring (bicyclic) bond motifs is 3. The molecule has 2 aliphatic rings. The highest BCUT2D eigenvalue weighted by Crippen LogP contribution is 2.31. The fourth-order valence-corrected chi connectivity index (χ4v) is 5.29. The zero-order chi connectivity index (χ0) is 22.4. The Kier molecular flexibility index (Phi) is 5.53. The van der Waals surface area contributed by atoms with Crippen LogP contribution < -0.4 is 5.56 Å². The standard InChI is InChI=1S/C25H33N5O2/c1-4-8-28-9-10-29(14-17(28)3)25(32)19-12-20-22(11-16(19)2)27-24(31)21-13-26-30(23(20)21)15-18-6-5-7-18/h11-13,17-18H,4-10,14-15H2,1-3H3,(H,27,31)/t17-/m0/s1. The average Bonchev–Trinajstić information content (AvgIpc) is 3.16. The van der Waals surface area contributed by atoms with E-state index in [0.717, 1.165) is 66.7 Å². The highest BCUT2D eigenvalue weighted by molar-refractivity contribution is 6.07. The Labute approximate surface area is 188 Å². The number of amides is 1. The molecule has 2 fully saturated rings. The predicted octanol–water partition coefficient (Wildman–Crippen LogP) is 3.54. The molecule has 2 aromatic heterocycles.